The summed E-state index contributed by atoms with van der Waals surface area (Å²) in [6, 6.07) is 8.81. The minimum absolute atomic E-state index is 0.257. The predicted octanol–water partition coefficient (Wildman–Crippen LogP) is 4.86. The summed E-state index contributed by atoms with van der Waals surface area (Å²) >= 11 is 15.4. The monoisotopic (exact) mass is 449 g/mol. The Morgan fingerprint density at radius 2 is 1.90 bits per heavy atom. The van der Waals surface area contributed by atoms with Gasteiger partial charge in [0.15, 0.2) is 0 Å². The first kappa shape index (κ1) is 15.0. The number of nitrogens with zero attached hydrogens (tertiary/aromatic N) is 2. The SMILES string of the molecule is O=C(Nc1c(Cl)cc(Cl)c2nsnc12)c1cccc(I)c1. The second-order valence-electron chi connectivity index (χ2n) is 4.14. The van der Waals surface area contributed by atoms with E-state index in [1.54, 1.807) is 18.2 Å². The highest BCUT2D eigenvalue weighted by Gasteiger charge is 2.17. The van der Waals surface area contributed by atoms with Crippen molar-refractivity contribution in [2.75, 3.05) is 5.32 Å². The fraction of sp³-hybridized carbons (Fsp3) is 0. The van der Waals surface area contributed by atoms with Crippen LogP contribution < -0.4 is 5.32 Å². The molecule has 0 unspecified atom stereocenters. The number of halogens is 3. The van der Waals surface area contributed by atoms with E-state index in [0.717, 1.165) is 15.3 Å². The van der Waals surface area contributed by atoms with E-state index < -0.39 is 0 Å². The number of hydrogen-bond donors (Lipinski definition) is 1. The van der Waals surface area contributed by atoms with E-state index in [1.807, 2.05) is 12.1 Å². The third-order valence-corrected chi connectivity index (χ3v) is 4.55. The summed E-state index contributed by atoms with van der Waals surface area (Å²) in [6.07, 6.45) is 0. The normalized spacial score (nSPS) is 10.8. The molecule has 0 aliphatic heterocycles. The van der Waals surface area contributed by atoms with Gasteiger partial charge in [0.2, 0.25) is 0 Å². The van der Waals surface area contributed by atoms with Crippen molar-refractivity contribution in [3.05, 3.63) is 49.5 Å². The van der Waals surface area contributed by atoms with Crippen molar-refractivity contribution in [3.8, 4) is 0 Å². The molecular formula is C13H6Cl2IN3OS. The molecule has 0 radical (unpaired) electrons. The summed E-state index contributed by atoms with van der Waals surface area (Å²) in [7, 11) is 0. The van der Waals surface area contributed by atoms with Crippen LogP contribution in [-0.4, -0.2) is 14.7 Å². The van der Waals surface area contributed by atoms with Crippen molar-refractivity contribution in [1.82, 2.24) is 8.75 Å². The van der Waals surface area contributed by atoms with E-state index in [9.17, 15) is 4.79 Å². The standard InChI is InChI=1S/C13H6Cl2IN3OS/c14-8-5-9(15)11-12(19-21-18-11)10(8)17-13(20)6-2-1-3-7(16)4-6/h1-5H,(H,17,20). The van der Waals surface area contributed by atoms with Gasteiger partial charge in [-0.25, -0.2) is 0 Å². The lowest BCUT2D eigenvalue weighted by Gasteiger charge is -2.08. The highest BCUT2D eigenvalue weighted by atomic mass is 127. The molecule has 0 saturated heterocycles. The molecule has 0 atom stereocenters. The average molecular weight is 450 g/mol. The molecule has 1 amide bonds. The molecule has 0 saturated carbocycles. The number of rotatable bonds is 2. The van der Waals surface area contributed by atoms with Gasteiger partial charge in [0.05, 0.1) is 27.5 Å². The maximum atomic E-state index is 12.3. The third kappa shape index (κ3) is 2.98. The quantitative estimate of drug-likeness (QED) is 0.568. The summed E-state index contributed by atoms with van der Waals surface area (Å²) in [5.41, 5.74) is 2.00. The van der Waals surface area contributed by atoms with Gasteiger partial charge in [0.1, 0.15) is 11.0 Å². The zero-order valence-electron chi connectivity index (χ0n) is 10.2. The van der Waals surface area contributed by atoms with Gasteiger partial charge in [-0.05, 0) is 46.9 Å². The second kappa shape index (κ2) is 6.04. The molecule has 0 spiro atoms. The zero-order valence-corrected chi connectivity index (χ0v) is 14.7. The Labute approximate surface area is 147 Å². The fourth-order valence-corrected chi connectivity index (χ4v) is 3.51. The number of benzene rings is 2. The minimum atomic E-state index is -0.257. The van der Waals surface area contributed by atoms with Crippen LogP contribution in [-0.2, 0) is 0 Å². The minimum Gasteiger partial charge on any atom is -0.319 e. The maximum absolute atomic E-state index is 12.3. The molecule has 21 heavy (non-hydrogen) atoms. The fourth-order valence-electron chi connectivity index (χ4n) is 1.81. The Kier molecular flexibility index (Phi) is 4.30. The maximum Gasteiger partial charge on any atom is 0.255 e. The van der Waals surface area contributed by atoms with E-state index in [1.165, 1.54) is 0 Å². The van der Waals surface area contributed by atoms with Gasteiger partial charge in [0, 0.05) is 9.13 Å². The first-order valence-electron chi connectivity index (χ1n) is 5.73. The van der Waals surface area contributed by atoms with Crippen LogP contribution in [0.4, 0.5) is 5.69 Å². The second-order valence-corrected chi connectivity index (χ2v) is 6.73. The molecule has 0 bridgehead atoms. The van der Waals surface area contributed by atoms with Gasteiger partial charge in [-0.3, -0.25) is 4.79 Å². The Hall–Kier alpha value is -0.960. The Morgan fingerprint density at radius 1 is 1.14 bits per heavy atom. The topological polar surface area (TPSA) is 54.9 Å². The van der Waals surface area contributed by atoms with Crippen LogP contribution in [0.1, 0.15) is 10.4 Å². The predicted molar refractivity (Wildman–Crippen MR) is 94.5 cm³/mol. The van der Waals surface area contributed by atoms with Crippen molar-refractivity contribution in [2.45, 2.75) is 0 Å². The molecule has 0 fully saturated rings. The summed E-state index contributed by atoms with van der Waals surface area (Å²) < 4.78 is 9.23. The van der Waals surface area contributed by atoms with Gasteiger partial charge in [0.25, 0.3) is 5.91 Å². The molecule has 3 rings (SSSR count). The van der Waals surface area contributed by atoms with Crippen molar-refractivity contribution in [3.63, 3.8) is 0 Å². The van der Waals surface area contributed by atoms with E-state index in [0.29, 0.717) is 32.3 Å². The molecule has 1 N–H and O–H groups in total. The van der Waals surface area contributed by atoms with Crippen molar-refractivity contribution in [2.24, 2.45) is 0 Å². The molecule has 2 aromatic carbocycles. The van der Waals surface area contributed by atoms with Gasteiger partial charge in [-0.2, -0.15) is 8.75 Å². The molecular weight excluding hydrogens is 444 g/mol. The molecule has 1 heterocycles. The molecule has 0 aliphatic carbocycles. The summed E-state index contributed by atoms with van der Waals surface area (Å²) in [6.45, 7) is 0. The number of aromatic nitrogens is 2. The van der Waals surface area contributed by atoms with E-state index >= 15 is 0 Å². The van der Waals surface area contributed by atoms with Gasteiger partial charge in [-0.1, -0.05) is 29.3 Å². The lowest BCUT2D eigenvalue weighted by atomic mass is 10.2. The van der Waals surface area contributed by atoms with Crippen LogP contribution in [0, 0.1) is 3.57 Å². The smallest absolute Gasteiger partial charge is 0.255 e. The average Bonchev–Trinajstić information content (AvgIpc) is 2.93. The van der Waals surface area contributed by atoms with Crippen LogP contribution >= 0.6 is 57.5 Å². The molecule has 0 aliphatic rings. The molecule has 3 aromatic rings. The summed E-state index contributed by atoms with van der Waals surface area (Å²) in [4.78, 5) is 12.3. The lowest BCUT2D eigenvalue weighted by molar-refractivity contribution is 0.102. The summed E-state index contributed by atoms with van der Waals surface area (Å²) in [5, 5.41) is 3.53. The number of fused-ring (bicyclic) bond motifs is 1. The number of carbonyl (C=O) groups excluding carboxylic acids is 1. The first-order valence-corrected chi connectivity index (χ1v) is 8.30. The Morgan fingerprint density at radius 3 is 2.67 bits per heavy atom. The van der Waals surface area contributed by atoms with Gasteiger partial charge < -0.3 is 5.32 Å². The highest BCUT2D eigenvalue weighted by Crippen LogP contribution is 2.35. The highest BCUT2D eigenvalue weighted by molar-refractivity contribution is 14.1. The number of anilines is 1. The largest absolute Gasteiger partial charge is 0.319 e. The molecule has 4 nitrogen and oxygen atoms in total. The van der Waals surface area contributed by atoms with Crippen LogP contribution in [0.25, 0.3) is 11.0 Å². The van der Waals surface area contributed by atoms with Crippen LogP contribution in [0.3, 0.4) is 0 Å². The number of amides is 1. The van der Waals surface area contributed by atoms with Crippen molar-refractivity contribution < 1.29 is 4.79 Å². The zero-order chi connectivity index (χ0) is 15.0. The lowest BCUT2D eigenvalue weighted by Crippen LogP contribution is -2.12. The van der Waals surface area contributed by atoms with E-state index in [4.69, 9.17) is 23.2 Å². The molecule has 106 valence electrons. The molecule has 8 heteroatoms. The number of carbonyl (C=O) groups is 1. The Bertz CT molecular complexity index is 853. The third-order valence-electron chi connectivity index (χ3n) is 2.77. The molecule has 1 aromatic heterocycles. The Balaban J connectivity index is 2.02. The van der Waals surface area contributed by atoms with Crippen LogP contribution in [0.2, 0.25) is 10.0 Å². The van der Waals surface area contributed by atoms with Crippen molar-refractivity contribution >= 4 is 80.1 Å². The number of hydrogen-bond acceptors (Lipinski definition) is 4. The van der Waals surface area contributed by atoms with Gasteiger partial charge in [-0.15, -0.1) is 0 Å². The van der Waals surface area contributed by atoms with Crippen LogP contribution in [0.15, 0.2) is 30.3 Å². The first-order chi connectivity index (χ1) is 10.1. The summed E-state index contributed by atoms with van der Waals surface area (Å²) in [5.74, 6) is -0.257. The van der Waals surface area contributed by atoms with Crippen LogP contribution in [0.5, 0.6) is 0 Å². The number of nitrogens with one attached hydrogen (secondary N) is 1. The van der Waals surface area contributed by atoms with E-state index in [-0.39, 0.29) is 5.91 Å². The van der Waals surface area contributed by atoms with Crippen molar-refractivity contribution in [1.29, 1.82) is 0 Å². The van der Waals surface area contributed by atoms with Gasteiger partial charge >= 0.3 is 0 Å². The van der Waals surface area contributed by atoms with E-state index in [2.05, 4.69) is 36.7 Å².